The molecular formula is C21H23ClN2O3. The van der Waals surface area contributed by atoms with E-state index in [0.717, 1.165) is 29.4 Å². The van der Waals surface area contributed by atoms with E-state index in [1.807, 2.05) is 41.3 Å². The lowest BCUT2D eigenvalue weighted by Crippen LogP contribution is -2.50. The number of ketones is 1. The molecular weight excluding hydrogens is 364 g/mol. The van der Waals surface area contributed by atoms with Crippen LogP contribution in [0.2, 0.25) is 5.02 Å². The van der Waals surface area contributed by atoms with Crippen molar-refractivity contribution in [2.75, 3.05) is 37.7 Å². The maximum absolute atomic E-state index is 12.4. The third-order valence-electron chi connectivity index (χ3n) is 4.56. The van der Waals surface area contributed by atoms with Crippen LogP contribution in [0.15, 0.2) is 48.5 Å². The fourth-order valence-electron chi connectivity index (χ4n) is 3.09. The maximum Gasteiger partial charge on any atom is 0.260 e. The van der Waals surface area contributed by atoms with Crippen molar-refractivity contribution >= 4 is 29.0 Å². The summed E-state index contributed by atoms with van der Waals surface area (Å²) < 4.78 is 5.60. The molecule has 1 aliphatic rings. The van der Waals surface area contributed by atoms with Gasteiger partial charge in [0.25, 0.3) is 5.91 Å². The fourth-order valence-corrected chi connectivity index (χ4v) is 3.22. The second kappa shape index (κ2) is 8.91. The molecule has 1 heterocycles. The lowest BCUT2D eigenvalue weighted by molar-refractivity contribution is -0.133. The molecule has 27 heavy (non-hydrogen) atoms. The van der Waals surface area contributed by atoms with Crippen molar-refractivity contribution in [3.05, 3.63) is 59.1 Å². The number of nitrogens with zero attached hydrogens (tertiary/aromatic N) is 2. The Balaban J connectivity index is 1.45. The van der Waals surface area contributed by atoms with Crippen molar-refractivity contribution < 1.29 is 14.3 Å². The zero-order valence-electron chi connectivity index (χ0n) is 15.4. The van der Waals surface area contributed by atoms with Crippen LogP contribution in [-0.2, 0) is 16.0 Å². The first kappa shape index (κ1) is 19.2. The molecule has 2 aromatic rings. The Morgan fingerprint density at radius 2 is 1.59 bits per heavy atom. The molecule has 2 aromatic carbocycles. The molecule has 0 atom stereocenters. The molecule has 1 saturated heterocycles. The van der Waals surface area contributed by atoms with E-state index in [4.69, 9.17) is 16.3 Å². The molecule has 0 radical (unpaired) electrons. The Kier molecular flexibility index (Phi) is 6.35. The minimum absolute atomic E-state index is 0.0152. The second-order valence-electron chi connectivity index (χ2n) is 6.66. The number of anilines is 1. The number of Topliss-reactive ketones (excluding diaryl/α,β-unsaturated/α-hetero) is 1. The topological polar surface area (TPSA) is 49.9 Å². The van der Waals surface area contributed by atoms with E-state index in [2.05, 4.69) is 4.90 Å². The monoisotopic (exact) mass is 386 g/mol. The van der Waals surface area contributed by atoms with Gasteiger partial charge in [-0.3, -0.25) is 9.59 Å². The highest BCUT2D eigenvalue weighted by Crippen LogP contribution is 2.19. The molecule has 142 valence electrons. The number of ether oxygens (including phenoxy) is 1. The van der Waals surface area contributed by atoms with E-state index < -0.39 is 0 Å². The maximum atomic E-state index is 12.4. The van der Waals surface area contributed by atoms with Gasteiger partial charge in [-0.05, 0) is 48.9 Å². The summed E-state index contributed by atoms with van der Waals surface area (Å²) in [5.41, 5.74) is 2.06. The highest BCUT2D eigenvalue weighted by molar-refractivity contribution is 6.30. The van der Waals surface area contributed by atoms with Crippen molar-refractivity contribution in [1.82, 2.24) is 4.90 Å². The molecule has 1 fully saturated rings. The van der Waals surface area contributed by atoms with Gasteiger partial charge in [0, 0.05) is 43.3 Å². The summed E-state index contributed by atoms with van der Waals surface area (Å²) in [4.78, 5) is 27.6. The molecule has 5 nitrogen and oxygen atoms in total. The van der Waals surface area contributed by atoms with Gasteiger partial charge in [0.1, 0.15) is 11.5 Å². The number of carbonyl (C=O) groups is 2. The average Bonchev–Trinajstić information content (AvgIpc) is 2.67. The van der Waals surface area contributed by atoms with Crippen molar-refractivity contribution in [2.45, 2.75) is 13.3 Å². The van der Waals surface area contributed by atoms with E-state index in [9.17, 15) is 9.59 Å². The SMILES string of the molecule is CC(=O)Cc1ccc(OCC(=O)N2CCN(c3ccc(Cl)cc3)CC2)cc1. The molecule has 0 aromatic heterocycles. The number of hydrogen-bond acceptors (Lipinski definition) is 4. The van der Waals surface area contributed by atoms with E-state index in [0.29, 0.717) is 25.3 Å². The second-order valence-corrected chi connectivity index (χ2v) is 7.09. The number of hydrogen-bond donors (Lipinski definition) is 0. The predicted molar refractivity (Wildman–Crippen MR) is 107 cm³/mol. The van der Waals surface area contributed by atoms with Crippen LogP contribution in [0, 0.1) is 0 Å². The van der Waals surface area contributed by atoms with Gasteiger partial charge in [-0.25, -0.2) is 0 Å². The Labute approximate surface area is 164 Å². The number of amides is 1. The summed E-state index contributed by atoms with van der Waals surface area (Å²) in [5.74, 6) is 0.741. The van der Waals surface area contributed by atoms with Gasteiger partial charge >= 0.3 is 0 Å². The molecule has 1 amide bonds. The third-order valence-corrected chi connectivity index (χ3v) is 4.81. The predicted octanol–water partition coefficient (Wildman–Crippen LogP) is 3.20. The summed E-state index contributed by atoms with van der Waals surface area (Å²) in [6.07, 6.45) is 0.414. The quantitative estimate of drug-likeness (QED) is 0.765. The van der Waals surface area contributed by atoms with E-state index in [1.54, 1.807) is 19.1 Å². The Morgan fingerprint density at radius 1 is 0.963 bits per heavy atom. The van der Waals surface area contributed by atoms with Gasteiger partial charge in [0.2, 0.25) is 0 Å². The van der Waals surface area contributed by atoms with Crippen LogP contribution >= 0.6 is 11.6 Å². The molecule has 6 heteroatoms. The normalized spacial score (nSPS) is 14.1. The van der Waals surface area contributed by atoms with Crippen molar-refractivity contribution in [1.29, 1.82) is 0 Å². The molecule has 0 unspecified atom stereocenters. The van der Waals surface area contributed by atoms with Gasteiger partial charge in [0.15, 0.2) is 6.61 Å². The first-order chi connectivity index (χ1) is 13.0. The zero-order chi connectivity index (χ0) is 19.2. The van der Waals surface area contributed by atoms with Crippen LogP contribution in [0.3, 0.4) is 0 Å². The van der Waals surface area contributed by atoms with Crippen LogP contribution in [0.25, 0.3) is 0 Å². The molecule has 0 bridgehead atoms. The van der Waals surface area contributed by atoms with E-state index in [-0.39, 0.29) is 18.3 Å². The highest BCUT2D eigenvalue weighted by atomic mass is 35.5. The van der Waals surface area contributed by atoms with Gasteiger partial charge in [-0.2, -0.15) is 0 Å². The highest BCUT2D eigenvalue weighted by Gasteiger charge is 2.21. The van der Waals surface area contributed by atoms with E-state index >= 15 is 0 Å². The molecule has 0 spiro atoms. The lowest BCUT2D eigenvalue weighted by Gasteiger charge is -2.36. The molecule has 0 aliphatic carbocycles. The van der Waals surface area contributed by atoms with Gasteiger partial charge < -0.3 is 14.5 Å². The first-order valence-corrected chi connectivity index (χ1v) is 9.38. The van der Waals surface area contributed by atoms with Crippen LogP contribution in [0.5, 0.6) is 5.75 Å². The van der Waals surface area contributed by atoms with Crippen molar-refractivity contribution in [2.24, 2.45) is 0 Å². The summed E-state index contributed by atoms with van der Waals surface area (Å²) in [6, 6.07) is 15.1. The summed E-state index contributed by atoms with van der Waals surface area (Å²) in [6.45, 7) is 4.49. The smallest absolute Gasteiger partial charge is 0.260 e. The largest absolute Gasteiger partial charge is 0.484 e. The van der Waals surface area contributed by atoms with E-state index in [1.165, 1.54) is 0 Å². The number of halogens is 1. The Bertz CT molecular complexity index is 782. The lowest BCUT2D eigenvalue weighted by atomic mass is 10.1. The average molecular weight is 387 g/mol. The number of carbonyl (C=O) groups excluding carboxylic acids is 2. The van der Waals surface area contributed by atoms with Gasteiger partial charge in [-0.15, -0.1) is 0 Å². The Hall–Kier alpha value is -2.53. The Morgan fingerprint density at radius 3 is 2.19 bits per heavy atom. The first-order valence-electron chi connectivity index (χ1n) is 9.01. The molecule has 1 aliphatic heterocycles. The van der Waals surface area contributed by atoms with Gasteiger partial charge in [-0.1, -0.05) is 23.7 Å². The number of rotatable bonds is 6. The van der Waals surface area contributed by atoms with Crippen molar-refractivity contribution in [3.63, 3.8) is 0 Å². The molecule has 0 saturated carbocycles. The molecule has 0 N–H and O–H groups in total. The number of benzene rings is 2. The third kappa shape index (κ3) is 5.47. The number of piperazine rings is 1. The standard InChI is InChI=1S/C21H23ClN2O3/c1-16(25)14-17-2-8-20(9-3-17)27-15-21(26)24-12-10-23(11-13-24)19-6-4-18(22)5-7-19/h2-9H,10-15H2,1H3. The van der Waals surface area contributed by atoms with Crippen molar-refractivity contribution in [3.8, 4) is 5.75 Å². The minimum atomic E-state index is -0.0152. The minimum Gasteiger partial charge on any atom is -0.484 e. The summed E-state index contributed by atoms with van der Waals surface area (Å²) in [5, 5.41) is 0.721. The zero-order valence-corrected chi connectivity index (χ0v) is 16.1. The molecule has 3 rings (SSSR count). The van der Waals surface area contributed by atoms with Crippen LogP contribution in [0.4, 0.5) is 5.69 Å². The van der Waals surface area contributed by atoms with Crippen LogP contribution in [0.1, 0.15) is 12.5 Å². The van der Waals surface area contributed by atoms with Crippen LogP contribution in [-0.4, -0.2) is 49.4 Å². The van der Waals surface area contributed by atoms with Crippen LogP contribution < -0.4 is 9.64 Å². The summed E-state index contributed by atoms with van der Waals surface area (Å²) >= 11 is 5.93. The summed E-state index contributed by atoms with van der Waals surface area (Å²) in [7, 11) is 0. The fraction of sp³-hybridized carbons (Fsp3) is 0.333. The van der Waals surface area contributed by atoms with Gasteiger partial charge in [0.05, 0.1) is 0 Å².